The van der Waals surface area contributed by atoms with Crippen LogP contribution in [-0.4, -0.2) is 73.8 Å². The third-order valence-corrected chi connectivity index (χ3v) is 6.61. The summed E-state index contributed by atoms with van der Waals surface area (Å²) in [5, 5.41) is 13.0. The van der Waals surface area contributed by atoms with Crippen molar-refractivity contribution < 1.29 is 38.4 Å². The molecule has 9 nitrogen and oxygen atoms in total. The maximum absolute atomic E-state index is 12.9. The first-order valence-corrected chi connectivity index (χ1v) is 14.4. The molecule has 1 aromatic rings. The number of carbonyl (C=O) groups excluding carboxylic acids is 2. The van der Waals surface area contributed by atoms with E-state index in [-0.39, 0.29) is 26.0 Å². The fraction of sp³-hybridized carbons (Fsp3) is 0.643. The summed E-state index contributed by atoms with van der Waals surface area (Å²) in [6, 6.07) is 6.90. The van der Waals surface area contributed by atoms with Crippen molar-refractivity contribution in [1.29, 1.82) is 0 Å². The lowest BCUT2D eigenvalue weighted by Crippen LogP contribution is -2.47. The van der Waals surface area contributed by atoms with Crippen molar-refractivity contribution >= 4 is 46.7 Å². The number of halogens is 3. The molecule has 0 fully saturated rings. The van der Waals surface area contributed by atoms with Crippen LogP contribution in [0, 0.1) is 11.8 Å². The third kappa shape index (κ3) is 14.3. The van der Waals surface area contributed by atoms with Gasteiger partial charge in [-0.05, 0) is 49.8 Å². The van der Waals surface area contributed by atoms with Crippen LogP contribution in [0.2, 0.25) is 0 Å². The molecule has 12 heteroatoms. The van der Waals surface area contributed by atoms with Crippen LogP contribution in [0.5, 0.6) is 5.75 Å². The Labute approximate surface area is 252 Å². The first-order valence-electron chi connectivity index (χ1n) is 13.2. The highest BCUT2D eigenvalue weighted by Crippen LogP contribution is 2.31. The zero-order chi connectivity index (χ0) is 30.0. The van der Waals surface area contributed by atoms with Gasteiger partial charge in [-0.2, -0.15) is 0 Å². The minimum atomic E-state index is -2.21. The summed E-state index contributed by atoms with van der Waals surface area (Å²) >= 11 is 17.5. The number of aliphatic hydroxyl groups is 1. The SMILES string of the molecule is CCOC(=O)[C@H](CC)[C@H](CCCCOCc1ccc(OC)cc1)[C@@H](C=C[C@@H](O)COCOC)NC(=O)C(Cl)(Cl)Cl. The molecule has 0 unspecified atom stereocenters. The van der Waals surface area contributed by atoms with Crippen LogP contribution >= 0.6 is 34.8 Å². The smallest absolute Gasteiger partial charge is 0.309 e. The van der Waals surface area contributed by atoms with Gasteiger partial charge in [0.05, 0.1) is 45.0 Å². The van der Waals surface area contributed by atoms with E-state index in [9.17, 15) is 14.7 Å². The quantitative estimate of drug-likeness (QED) is 0.0685. The molecule has 0 aromatic heterocycles. The van der Waals surface area contributed by atoms with Crippen molar-refractivity contribution in [3.63, 3.8) is 0 Å². The van der Waals surface area contributed by atoms with Gasteiger partial charge in [-0.25, -0.2) is 0 Å². The summed E-state index contributed by atoms with van der Waals surface area (Å²) in [5.74, 6) is -1.40. The highest BCUT2D eigenvalue weighted by Gasteiger charge is 2.37. The molecule has 0 heterocycles. The minimum Gasteiger partial charge on any atom is -0.497 e. The second-order valence-corrected chi connectivity index (χ2v) is 11.3. The molecule has 1 rings (SSSR count). The number of alkyl halides is 3. The molecule has 40 heavy (non-hydrogen) atoms. The molecular weight excluding hydrogens is 585 g/mol. The number of esters is 1. The molecule has 1 amide bonds. The van der Waals surface area contributed by atoms with Crippen LogP contribution in [0.3, 0.4) is 0 Å². The van der Waals surface area contributed by atoms with Crippen molar-refractivity contribution in [3.05, 3.63) is 42.0 Å². The lowest BCUT2D eigenvalue weighted by molar-refractivity contribution is -0.151. The Balaban J connectivity index is 2.99. The second kappa shape index (κ2) is 20.3. The van der Waals surface area contributed by atoms with Crippen LogP contribution in [0.1, 0.15) is 45.1 Å². The van der Waals surface area contributed by atoms with E-state index < -0.39 is 33.7 Å². The van der Waals surface area contributed by atoms with Crippen LogP contribution < -0.4 is 10.1 Å². The largest absolute Gasteiger partial charge is 0.497 e. The van der Waals surface area contributed by atoms with E-state index in [2.05, 4.69) is 5.32 Å². The zero-order valence-electron chi connectivity index (χ0n) is 23.6. The van der Waals surface area contributed by atoms with Gasteiger partial charge >= 0.3 is 5.97 Å². The number of methoxy groups -OCH3 is 2. The van der Waals surface area contributed by atoms with E-state index in [4.69, 9.17) is 58.5 Å². The summed E-state index contributed by atoms with van der Waals surface area (Å²) in [6.45, 7) is 4.78. The topological polar surface area (TPSA) is 113 Å². The highest BCUT2D eigenvalue weighted by molar-refractivity contribution is 6.76. The first kappa shape index (κ1) is 36.4. The molecule has 228 valence electrons. The van der Waals surface area contributed by atoms with Gasteiger partial charge < -0.3 is 34.1 Å². The summed E-state index contributed by atoms with van der Waals surface area (Å²) in [7, 11) is 3.09. The number of amides is 1. The maximum atomic E-state index is 12.9. The maximum Gasteiger partial charge on any atom is 0.309 e. The number of aliphatic hydroxyl groups excluding tert-OH is 1. The van der Waals surface area contributed by atoms with Crippen molar-refractivity contribution in [2.24, 2.45) is 11.8 Å². The lowest BCUT2D eigenvalue weighted by atomic mass is 9.80. The number of nitrogens with one attached hydrogen (secondary N) is 1. The van der Waals surface area contributed by atoms with E-state index in [0.29, 0.717) is 38.9 Å². The third-order valence-electron chi connectivity index (χ3n) is 6.10. The van der Waals surface area contributed by atoms with Gasteiger partial charge in [0.1, 0.15) is 12.5 Å². The molecule has 1 aromatic carbocycles. The van der Waals surface area contributed by atoms with Crippen LogP contribution in [-0.2, 0) is 35.1 Å². The summed E-state index contributed by atoms with van der Waals surface area (Å²) in [5.41, 5.74) is 1.03. The van der Waals surface area contributed by atoms with Gasteiger partial charge in [0.25, 0.3) is 9.70 Å². The Kier molecular flexibility index (Phi) is 18.5. The Morgan fingerprint density at radius 1 is 1.05 bits per heavy atom. The van der Waals surface area contributed by atoms with Crippen LogP contribution in [0.4, 0.5) is 0 Å². The number of rotatable bonds is 20. The zero-order valence-corrected chi connectivity index (χ0v) is 25.8. The fourth-order valence-corrected chi connectivity index (χ4v) is 4.27. The Hall–Kier alpha value is -1.59. The fourth-order valence-electron chi connectivity index (χ4n) is 4.11. The molecular formula is C28H42Cl3NO8. The lowest BCUT2D eigenvalue weighted by Gasteiger charge is -2.32. The van der Waals surface area contributed by atoms with E-state index in [0.717, 1.165) is 11.3 Å². The van der Waals surface area contributed by atoms with Gasteiger partial charge in [-0.15, -0.1) is 0 Å². The molecule has 0 aliphatic heterocycles. The molecule has 0 aliphatic rings. The predicted octanol–water partition coefficient (Wildman–Crippen LogP) is 4.98. The molecule has 0 spiro atoms. The van der Waals surface area contributed by atoms with Crippen molar-refractivity contribution in [3.8, 4) is 5.75 Å². The van der Waals surface area contributed by atoms with E-state index in [1.807, 2.05) is 31.2 Å². The number of hydrogen-bond donors (Lipinski definition) is 2. The van der Waals surface area contributed by atoms with Gasteiger partial charge in [-0.1, -0.05) is 72.4 Å². The number of benzene rings is 1. The summed E-state index contributed by atoms with van der Waals surface area (Å²) < 4.78 is 24.1. The van der Waals surface area contributed by atoms with E-state index in [1.165, 1.54) is 13.2 Å². The second-order valence-electron chi connectivity index (χ2n) is 9.05. The monoisotopic (exact) mass is 625 g/mol. The van der Waals surface area contributed by atoms with E-state index >= 15 is 0 Å². The Bertz CT molecular complexity index is 879. The number of carbonyl (C=O) groups is 2. The number of hydrogen-bond acceptors (Lipinski definition) is 8. The van der Waals surface area contributed by atoms with Gasteiger partial charge in [0.15, 0.2) is 0 Å². The number of ether oxygens (including phenoxy) is 5. The average Bonchev–Trinajstić information content (AvgIpc) is 2.92. The van der Waals surface area contributed by atoms with Crippen molar-refractivity contribution in [2.45, 2.75) is 62.1 Å². The normalized spacial score (nSPS) is 14.9. The summed E-state index contributed by atoms with van der Waals surface area (Å²) in [4.78, 5) is 25.5. The Morgan fingerprint density at radius 3 is 2.33 bits per heavy atom. The summed E-state index contributed by atoms with van der Waals surface area (Å²) in [6.07, 6.45) is 4.49. The molecule has 0 bridgehead atoms. The van der Waals surface area contributed by atoms with Gasteiger partial charge in [-0.3, -0.25) is 9.59 Å². The average molecular weight is 627 g/mol. The van der Waals surface area contributed by atoms with Gasteiger partial charge in [0.2, 0.25) is 0 Å². The highest BCUT2D eigenvalue weighted by atomic mass is 35.6. The standard InChI is InChI=1S/C28H42Cl3NO8/c1-5-23(26(34)40-6-2)24(9-7-8-16-38-17-20-10-13-22(37-4)14-11-20)25(32-27(35)28(29,30)31)15-12-21(33)18-39-19-36-3/h10-15,21,23-25,33H,5-9,16-19H2,1-4H3,(H,32,35)/t21-,23-,24+,25-/m1/s1. The Morgan fingerprint density at radius 2 is 1.75 bits per heavy atom. The molecule has 2 N–H and O–H groups in total. The molecule has 0 radical (unpaired) electrons. The van der Waals surface area contributed by atoms with Crippen molar-refractivity contribution in [1.82, 2.24) is 5.32 Å². The molecule has 0 saturated carbocycles. The molecule has 0 aliphatic carbocycles. The first-order chi connectivity index (χ1) is 19.1. The van der Waals surface area contributed by atoms with Crippen LogP contribution in [0.15, 0.2) is 36.4 Å². The molecule has 0 saturated heterocycles. The predicted molar refractivity (Wildman–Crippen MR) is 156 cm³/mol. The molecule has 4 atom stereocenters. The van der Waals surface area contributed by atoms with Crippen molar-refractivity contribution in [2.75, 3.05) is 40.8 Å². The van der Waals surface area contributed by atoms with Gasteiger partial charge in [0, 0.05) is 13.7 Å². The van der Waals surface area contributed by atoms with Crippen LogP contribution in [0.25, 0.3) is 0 Å². The minimum absolute atomic E-state index is 0.0161. The van der Waals surface area contributed by atoms with E-state index in [1.54, 1.807) is 20.1 Å². The number of unbranched alkanes of at least 4 members (excludes halogenated alkanes) is 1.